The number of furan rings is 1. The fraction of sp³-hybridized carbons (Fsp3) is 0.314. The molecule has 0 bridgehead atoms. The number of fused-ring (bicyclic) bond motifs is 5. The third-order valence-corrected chi connectivity index (χ3v) is 8.09. The number of nitrogens with zero attached hydrogens (tertiary/aromatic N) is 2. The van der Waals surface area contributed by atoms with Crippen molar-refractivity contribution in [3.63, 3.8) is 0 Å². The molecule has 0 atom stereocenters. The molecule has 0 spiro atoms. The molecule has 0 amide bonds. The highest BCUT2D eigenvalue weighted by atomic mass is 16.3. The number of pyridine rings is 1. The molecule has 4 nitrogen and oxygen atoms in total. The molecule has 39 heavy (non-hydrogen) atoms. The summed E-state index contributed by atoms with van der Waals surface area (Å²) in [6.45, 7) is 15.9. The van der Waals surface area contributed by atoms with Gasteiger partial charge in [-0.15, -0.1) is 0 Å². The van der Waals surface area contributed by atoms with Crippen LogP contribution in [-0.4, -0.2) is 4.98 Å². The minimum atomic E-state index is -0.108. The van der Waals surface area contributed by atoms with Crippen molar-refractivity contribution < 1.29 is 14.8 Å². The zero-order valence-corrected chi connectivity index (χ0v) is 24.1. The monoisotopic (exact) mass is 518 g/mol. The highest BCUT2D eigenvalue weighted by molar-refractivity contribution is 6.15. The van der Waals surface area contributed by atoms with Crippen LogP contribution in [0.1, 0.15) is 82.9 Å². The third-order valence-electron chi connectivity index (χ3n) is 8.09. The maximum atomic E-state index is 7.89. The van der Waals surface area contributed by atoms with Crippen molar-refractivity contribution in [2.75, 3.05) is 0 Å². The molecule has 3 aromatic carbocycles. The molecule has 3 heterocycles. The molecule has 0 saturated heterocycles. The Morgan fingerprint density at radius 1 is 0.795 bits per heavy atom. The summed E-state index contributed by atoms with van der Waals surface area (Å²) in [4.78, 5) is 4.31. The Balaban J connectivity index is 1.64. The summed E-state index contributed by atoms with van der Waals surface area (Å²) in [5.74, 6) is 1.27. The average molecular weight is 519 g/mol. The molecule has 3 aromatic heterocycles. The van der Waals surface area contributed by atoms with Gasteiger partial charge in [-0.05, 0) is 70.2 Å². The van der Waals surface area contributed by atoms with E-state index in [2.05, 4.69) is 108 Å². The first kappa shape index (κ1) is 24.1. The van der Waals surface area contributed by atoms with E-state index in [4.69, 9.17) is 10.2 Å². The van der Waals surface area contributed by atoms with E-state index in [0.29, 0.717) is 34.4 Å². The normalized spacial score (nSPS) is 12.6. The fourth-order valence-corrected chi connectivity index (χ4v) is 5.86. The van der Waals surface area contributed by atoms with Crippen LogP contribution < -0.4 is 4.57 Å². The first-order valence-corrected chi connectivity index (χ1v) is 13.9. The van der Waals surface area contributed by atoms with Crippen molar-refractivity contribution in [3.8, 4) is 22.4 Å². The Morgan fingerprint density at radius 2 is 1.46 bits per heavy atom. The lowest BCUT2D eigenvalue weighted by atomic mass is 9.81. The van der Waals surface area contributed by atoms with E-state index in [1.54, 1.807) is 0 Å². The van der Waals surface area contributed by atoms with Crippen molar-refractivity contribution in [3.05, 3.63) is 83.4 Å². The lowest BCUT2D eigenvalue weighted by Crippen LogP contribution is -2.30. The van der Waals surface area contributed by atoms with Crippen LogP contribution in [-0.2, 0) is 7.05 Å². The molecule has 0 fully saturated rings. The highest BCUT2D eigenvalue weighted by Gasteiger charge is 2.25. The second-order valence-electron chi connectivity index (χ2n) is 11.8. The number of hydrogen-bond acceptors (Lipinski definition) is 3. The molecule has 0 aliphatic rings. The van der Waals surface area contributed by atoms with Gasteiger partial charge in [0.25, 0.3) is 0 Å². The van der Waals surface area contributed by atoms with Gasteiger partial charge in [0.1, 0.15) is 14.0 Å². The lowest BCUT2D eigenvalue weighted by Gasteiger charge is -2.23. The van der Waals surface area contributed by atoms with Gasteiger partial charge in [0, 0.05) is 22.9 Å². The third kappa shape index (κ3) is 4.05. The second-order valence-corrected chi connectivity index (χ2v) is 11.8. The minimum Gasteiger partial charge on any atom is -0.453 e. The van der Waals surface area contributed by atoms with E-state index in [0.717, 1.165) is 33.2 Å². The number of aryl methyl sites for hydroxylation is 2. The van der Waals surface area contributed by atoms with Gasteiger partial charge < -0.3 is 8.83 Å². The van der Waals surface area contributed by atoms with Gasteiger partial charge in [0.05, 0.1) is 5.56 Å². The molecule has 0 saturated carbocycles. The van der Waals surface area contributed by atoms with Crippen molar-refractivity contribution in [2.24, 2.45) is 7.05 Å². The number of rotatable bonds is 5. The molecule has 0 unspecified atom stereocenters. The van der Waals surface area contributed by atoms with E-state index >= 15 is 0 Å². The zero-order chi connectivity index (χ0) is 28.5. The molecular weight excluding hydrogens is 480 g/mol. The number of aromatic nitrogens is 2. The van der Waals surface area contributed by atoms with Gasteiger partial charge in [-0.2, -0.15) is 0 Å². The van der Waals surface area contributed by atoms with Crippen LogP contribution in [0, 0.1) is 6.92 Å². The quantitative estimate of drug-likeness (QED) is 0.213. The molecule has 0 aliphatic heterocycles. The topological polar surface area (TPSA) is 43.0 Å². The summed E-state index contributed by atoms with van der Waals surface area (Å²) >= 11 is 0. The van der Waals surface area contributed by atoms with Crippen LogP contribution in [0.25, 0.3) is 55.4 Å². The van der Waals surface area contributed by atoms with Crippen LogP contribution >= 0.6 is 0 Å². The molecule has 4 heteroatoms. The Morgan fingerprint density at radius 3 is 2.13 bits per heavy atom. The molecular formula is C35H37N2O2+. The van der Waals surface area contributed by atoms with Crippen LogP contribution in [0.15, 0.2) is 69.9 Å². The maximum Gasteiger partial charge on any atom is 0.216 e. The van der Waals surface area contributed by atoms with Crippen molar-refractivity contribution in [1.29, 1.82) is 0 Å². The van der Waals surface area contributed by atoms with Crippen molar-refractivity contribution in [2.45, 2.75) is 66.2 Å². The van der Waals surface area contributed by atoms with Crippen molar-refractivity contribution >= 4 is 33.0 Å². The van der Waals surface area contributed by atoms with Crippen molar-refractivity contribution in [1.82, 2.24) is 4.98 Å². The minimum absolute atomic E-state index is 0.108. The zero-order valence-electron chi connectivity index (χ0n) is 25.1. The van der Waals surface area contributed by atoms with Gasteiger partial charge >= 0.3 is 0 Å². The van der Waals surface area contributed by atoms with E-state index in [1.165, 1.54) is 27.8 Å². The summed E-state index contributed by atoms with van der Waals surface area (Å²) in [6, 6.07) is 17.6. The predicted molar refractivity (Wildman–Crippen MR) is 160 cm³/mol. The maximum absolute atomic E-state index is 7.89. The van der Waals surface area contributed by atoms with Gasteiger partial charge in [0.15, 0.2) is 29.2 Å². The summed E-state index contributed by atoms with van der Waals surface area (Å²) in [5, 5.41) is 2.01. The smallest absolute Gasteiger partial charge is 0.216 e. The molecule has 0 N–H and O–H groups in total. The van der Waals surface area contributed by atoms with Crippen LogP contribution in [0.2, 0.25) is 0 Å². The standard InChI is InChI=1S/C35H37N2O2/c1-19(2)24-15-27(20(3)4)32(28(16-24)21(5)6)23-13-14-37(8)29(17-23)31-22(7)9-10-25-26-11-12-30-33(36-18-38-30)35(26)39-34(25)31/h9-21H,1-8H3/q+1/i18D. The predicted octanol–water partition coefficient (Wildman–Crippen LogP) is 9.56. The van der Waals surface area contributed by atoms with Crippen LogP contribution in [0.5, 0.6) is 0 Å². The van der Waals surface area contributed by atoms with E-state index in [1.807, 2.05) is 12.1 Å². The summed E-state index contributed by atoms with van der Waals surface area (Å²) in [5.41, 5.74) is 12.7. The Labute approximate surface area is 231 Å². The van der Waals surface area contributed by atoms with Gasteiger partial charge in [-0.25, -0.2) is 9.55 Å². The fourth-order valence-electron chi connectivity index (χ4n) is 5.86. The van der Waals surface area contributed by atoms with Gasteiger partial charge in [-0.1, -0.05) is 65.8 Å². The first-order chi connectivity index (χ1) is 19.0. The lowest BCUT2D eigenvalue weighted by molar-refractivity contribution is -0.660. The van der Waals surface area contributed by atoms with Crippen LogP contribution in [0.3, 0.4) is 0 Å². The number of benzene rings is 3. The molecule has 0 aliphatic carbocycles. The highest BCUT2D eigenvalue weighted by Crippen LogP contribution is 2.42. The molecule has 198 valence electrons. The van der Waals surface area contributed by atoms with Gasteiger partial charge in [-0.3, -0.25) is 0 Å². The number of hydrogen-bond donors (Lipinski definition) is 0. The SMILES string of the molecule is [2H]c1nc2c(ccc3c4ccc(C)c(-c5cc(-c6c(C(C)C)cc(C(C)C)cc6C(C)C)cc[n+]5C)c4oc32)o1. The van der Waals surface area contributed by atoms with E-state index in [9.17, 15) is 0 Å². The Bertz CT molecular complexity index is 1890. The Hall–Kier alpha value is -3.92. The summed E-state index contributed by atoms with van der Waals surface area (Å²) in [6.07, 6.45) is 2.06. The number of oxazole rings is 1. The van der Waals surface area contributed by atoms with E-state index in [-0.39, 0.29) is 6.37 Å². The molecule has 0 radical (unpaired) electrons. The summed E-state index contributed by atoms with van der Waals surface area (Å²) < 4.78 is 22.1. The van der Waals surface area contributed by atoms with Crippen LogP contribution in [0.4, 0.5) is 0 Å². The largest absolute Gasteiger partial charge is 0.453 e. The van der Waals surface area contributed by atoms with E-state index < -0.39 is 0 Å². The first-order valence-electron chi connectivity index (χ1n) is 14.4. The van der Waals surface area contributed by atoms with Gasteiger partial charge in [0.2, 0.25) is 5.69 Å². The molecule has 6 rings (SSSR count). The average Bonchev–Trinajstić information content (AvgIpc) is 3.48. The molecule has 6 aromatic rings. The summed E-state index contributed by atoms with van der Waals surface area (Å²) in [7, 11) is 2.09. The Kier molecular flexibility index (Phi) is 5.80. The second kappa shape index (κ2) is 9.37.